The summed E-state index contributed by atoms with van der Waals surface area (Å²) in [6.07, 6.45) is 0. The SMILES string of the molecule is COCCOc1ccc([I+]c2ccc(OCCOC)cc2)cc1. The fourth-order valence-corrected chi connectivity index (χ4v) is 3.96. The molecule has 0 heterocycles. The molecule has 0 aliphatic rings. The van der Waals surface area contributed by atoms with Gasteiger partial charge in [0, 0.05) is 14.2 Å². The van der Waals surface area contributed by atoms with Crippen LogP contribution in [0.2, 0.25) is 0 Å². The van der Waals surface area contributed by atoms with Crippen molar-refractivity contribution in [3.05, 3.63) is 55.7 Å². The first kappa shape index (κ1) is 18.0. The predicted octanol–water partition coefficient (Wildman–Crippen LogP) is -0.135. The van der Waals surface area contributed by atoms with E-state index in [9.17, 15) is 0 Å². The van der Waals surface area contributed by atoms with Crippen LogP contribution < -0.4 is 30.7 Å². The summed E-state index contributed by atoms with van der Waals surface area (Å²) in [5.41, 5.74) is 0. The van der Waals surface area contributed by atoms with E-state index in [0.29, 0.717) is 26.4 Å². The van der Waals surface area contributed by atoms with Crippen LogP contribution in [0.5, 0.6) is 11.5 Å². The molecule has 0 saturated carbocycles. The normalized spacial score (nSPS) is 10.5. The van der Waals surface area contributed by atoms with Gasteiger partial charge in [-0.15, -0.1) is 0 Å². The van der Waals surface area contributed by atoms with Gasteiger partial charge in [0.15, 0.2) is 7.14 Å². The van der Waals surface area contributed by atoms with Crippen LogP contribution in [0, 0.1) is 7.14 Å². The lowest BCUT2D eigenvalue weighted by atomic mass is 10.3. The van der Waals surface area contributed by atoms with Crippen LogP contribution >= 0.6 is 0 Å². The predicted molar refractivity (Wildman–Crippen MR) is 85.0 cm³/mol. The molecule has 2 rings (SSSR count). The Bertz CT molecular complexity index is 503. The van der Waals surface area contributed by atoms with Crippen molar-refractivity contribution in [1.29, 1.82) is 0 Å². The van der Waals surface area contributed by atoms with Crippen LogP contribution in [0.4, 0.5) is 0 Å². The molecule has 0 saturated heterocycles. The molecule has 0 unspecified atom stereocenters. The third kappa shape index (κ3) is 6.76. The standard InChI is InChI=1S/C18H22IO4/c1-20-11-13-22-17-7-3-15(4-8-17)19-16-5-9-18(10-6-16)23-14-12-21-2/h3-10H,11-14H2,1-2H3/q+1. The van der Waals surface area contributed by atoms with E-state index < -0.39 is 0 Å². The number of hydrogen-bond acceptors (Lipinski definition) is 4. The number of hydrogen-bond donors (Lipinski definition) is 0. The minimum atomic E-state index is -0.191. The van der Waals surface area contributed by atoms with Crippen molar-refractivity contribution >= 4 is 0 Å². The molecule has 23 heavy (non-hydrogen) atoms. The topological polar surface area (TPSA) is 36.9 Å². The zero-order valence-electron chi connectivity index (χ0n) is 13.5. The molecule has 4 nitrogen and oxygen atoms in total. The van der Waals surface area contributed by atoms with E-state index in [4.69, 9.17) is 18.9 Å². The average molecular weight is 429 g/mol. The minimum Gasteiger partial charge on any atom is -0.491 e. The molecule has 0 bridgehead atoms. The molecule has 0 aliphatic heterocycles. The Morgan fingerprint density at radius 2 is 1.00 bits per heavy atom. The summed E-state index contributed by atoms with van der Waals surface area (Å²) in [6.45, 7) is 2.37. The van der Waals surface area contributed by atoms with E-state index >= 15 is 0 Å². The quantitative estimate of drug-likeness (QED) is 0.390. The molecule has 0 radical (unpaired) electrons. The summed E-state index contributed by atoms with van der Waals surface area (Å²) in [6, 6.07) is 16.6. The van der Waals surface area contributed by atoms with Gasteiger partial charge >= 0.3 is 21.2 Å². The Labute approximate surface area is 148 Å². The zero-order chi connectivity index (χ0) is 16.3. The van der Waals surface area contributed by atoms with Crippen molar-refractivity contribution < 1.29 is 40.2 Å². The highest BCUT2D eigenvalue weighted by atomic mass is 127. The Balaban J connectivity index is 1.84. The lowest BCUT2D eigenvalue weighted by molar-refractivity contribution is -0.597. The van der Waals surface area contributed by atoms with E-state index in [1.165, 1.54) is 7.14 Å². The molecular weight excluding hydrogens is 407 g/mol. The summed E-state index contributed by atoms with van der Waals surface area (Å²) >= 11 is -0.191. The average Bonchev–Trinajstić information content (AvgIpc) is 2.58. The van der Waals surface area contributed by atoms with E-state index in [0.717, 1.165) is 11.5 Å². The molecule has 5 heteroatoms. The lowest BCUT2D eigenvalue weighted by Crippen LogP contribution is -3.61. The van der Waals surface area contributed by atoms with Gasteiger partial charge in [-0.3, -0.25) is 0 Å². The molecule has 2 aromatic rings. The Morgan fingerprint density at radius 1 is 0.609 bits per heavy atom. The van der Waals surface area contributed by atoms with Gasteiger partial charge in [-0.05, 0) is 48.5 Å². The molecule has 0 spiro atoms. The maximum atomic E-state index is 5.57. The number of ether oxygens (including phenoxy) is 4. The second-order valence-corrected chi connectivity index (χ2v) is 7.72. The van der Waals surface area contributed by atoms with Crippen molar-refractivity contribution in [2.24, 2.45) is 0 Å². The molecule has 0 fully saturated rings. The molecule has 0 atom stereocenters. The first-order valence-corrected chi connectivity index (χ1v) is 9.56. The molecule has 0 N–H and O–H groups in total. The third-order valence-electron chi connectivity index (χ3n) is 2.96. The molecule has 0 aliphatic carbocycles. The van der Waals surface area contributed by atoms with Gasteiger partial charge in [0.25, 0.3) is 0 Å². The minimum absolute atomic E-state index is 0.191. The van der Waals surface area contributed by atoms with Crippen LogP contribution in [0.25, 0.3) is 0 Å². The largest absolute Gasteiger partial charge is 0.491 e. The van der Waals surface area contributed by atoms with Gasteiger partial charge in [0.2, 0.25) is 0 Å². The summed E-state index contributed by atoms with van der Waals surface area (Å²) in [4.78, 5) is 0. The van der Waals surface area contributed by atoms with Crippen LogP contribution in [0.15, 0.2) is 48.5 Å². The lowest BCUT2D eigenvalue weighted by Gasteiger charge is -2.04. The fourth-order valence-electron chi connectivity index (χ4n) is 1.80. The van der Waals surface area contributed by atoms with Crippen LogP contribution in [0.1, 0.15) is 0 Å². The maximum absolute atomic E-state index is 5.57. The highest BCUT2D eigenvalue weighted by Gasteiger charge is 2.15. The van der Waals surface area contributed by atoms with Crippen molar-refractivity contribution in [2.45, 2.75) is 0 Å². The number of benzene rings is 2. The second-order valence-electron chi connectivity index (χ2n) is 4.68. The maximum Gasteiger partial charge on any atom is 0.357 e. The monoisotopic (exact) mass is 429 g/mol. The molecule has 2 aromatic carbocycles. The number of halogens is 1. The summed E-state index contributed by atoms with van der Waals surface area (Å²) in [5, 5.41) is 0. The fraction of sp³-hybridized carbons (Fsp3) is 0.333. The van der Waals surface area contributed by atoms with E-state index in [2.05, 4.69) is 24.3 Å². The smallest absolute Gasteiger partial charge is 0.357 e. The van der Waals surface area contributed by atoms with Gasteiger partial charge in [-0.2, -0.15) is 0 Å². The molecule has 124 valence electrons. The van der Waals surface area contributed by atoms with E-state index in [1.807, 2.05) is 24.3 Å². The van der Waals surface area contributed by atoms with Gasteiger partial charge in [-0.25, -0.2) is 0 Å². The highest BCUT2D eigenvalue weighted by molar-refractivity contribution is 5.22. The van der Waals surface area contributed by atoms with E-state index in [1.54, 1.807) is 14.2 Å². The van der Waals surface area contributed by atoms with Crippen LogP contribution in [0.3, 0.4) is 0 Å². The van der Waals surface area contributed by atoms with Gasteiger partial charge in [0.05, 0.1) is 13.2 Å². The molecular formula is C18H22IO4+. The van der Waals surface area contributed by atoms with Crippen LogP contribution in [-0.4, -0.2) is 40.6 Å². The zero-order valence-corrected chi connectivity index (χ0v) is 15.6. The van der Waals surface area contributed by atoms with Gasteiger partial charge < -0.3 is 18.9 Å². The summed E-state index contributed by atoms with van der Waals surface area (Å²) < 4.78 is 23.8. The van der Waals surface area contributed by atoms with Crippen molar-refractivity contribution in [3.63, 3.8) is 0 Å². The second kappa shape index (κ2) is 10.5. The van der Waals surface area contributed by atoms with Crippen molar-refractivity contribution in [3.8, 4) is 11.5 Å². The molecule has 0 aromatic heterocycles. The Hall–Kier alpha value is -1.31. The van der Waals surface area contributed by atoms with Gasteiger partial charge in [0.1, 0.15) is 24.7 Å². The van der Waals surface area contributed by atoms with Crippen molar-refractivity contribution in [2.75, 3.05) is 40.6 Å². The van der Waals surface area contributed by atoms with Crippen molar-refractivity contribution in [1.82, 2.24) is 0 Å². The van der Waals surface area contributed by atoms with E-state index in [-0.39, 0.29) is 21.2 Å². The first-order chi connectivity index (χ1) is 11.3. The van der Waals surface area contributed by atoms with Gasteiger partial charge in [-0.1, -0.05) is 0 Å². The first-order valence-electron chi connectivity index (χ1n) is 7.40. The van der Waals surface area contributed by atoms with Crippen LogP contribution in [-0.2, 0) is 9.47 Å². The highest BCUT2D eigenvalue weighted by Crippen LogP contribution is 2.09. The third-order valence-corrected chi connectivity index (χ3v) is 5.64. The Morgan fingerprint density at radius 3 is 1.35 bits per heavy atom. The Kier molecular flexibility index (Phi) is 8.20. The summed E-state index contributed by atoms with van der Waals surface area (Å²) in [7, 11) is 3.34. The molecule has 0 amide bonds. The summed E-state index contributed by atoms with van der Waals surface area (Å²) in [5.74, 6) is 1.77. The number of rotatable bonds is 10. The number of methoxy groups -OCH3 is 2.